The molecule has 0 saturated heterocycles. The van der Waals surface area contributed by atoms with Crippen LogP contribution in [0.15, 0.2) is 18.5 Å². The molecule has 17 heavy (non-hydrogen) atoms. The number of hydrogen-bond donors (Lipinski definition) is 3. The molecule has 0 unspecified atom stereocenters. The second-order valence-electron chi connectivity index (χ2n) is 3.40. The van der Waals surface area contributed by atoms with Gasteiger partial charge in [0.05, 0.1) is 12.8 Å². The number of nitrogens with one attached hydrogen (secondary N) is 2. The molecule has 0 aliphatic heterocycles. The highest BCUT2D eigenvalue weighted by Crippen LogP contribution is 2.19. The first-order valence-corrected chi connectivity index (χ1v) is 5.18. The fourth-order valence-electron chi connectivity index (χ4n) is 1.36. The van der Waals surface area contributed by atoms with Gasteiger partial charge >= 0.3 is 0 Å². The van der Waals surface area contributed by atoms with E-state index in [0.29, 0.717) is 23.9 Å². The van der Waals surface area contributed by atoms with Gasteiger partial charge in [0.1, 0.15) is 12.2 Å². The normalized spacial score (nSPS) is 10.2. The minimum absolute atomic E-state index is 0.529. The molecule has 0 saturated carbocycles. The average molecular weight is 234 g/mol. The number of nitrogens with two attached hydrogens (primary N) is 1. The maximum atomic E-state index is 5.79. The molecule has 2 rings (SSSR count). The van der Waals surface area contributed by atoms with Crippen LogP contribution in [0.5, 0.6) is 5.88 Å². The van der Waals surface area contributed by atoms with Gasteiger partial charge in [-0.1, -0.05) is 0 Å². The van der Waals surface area contributed by atoms with Gasteiger partial charge < -0.3 is 15.8 Å². The molecule has 7 nitrogen and oxygen atoms in total. The Morgan fingerprint density at radius 1 is 1.47 bits per heavy atom. The molecule has 2 heterocycles. The van der Waals surface area contributed by atoms with Crippen LogP contribution in [0.25, 0.3) is 0 Å². The lowest BCUT2D eigenvalue weighted by atomic mass is 10.3. The number of rotatable bonds is 5. The first-order valence-electron chi connectivity index (χ1n) is 5.18. The summed E-state index contributed by atoms with van der Waals surface area (Å²) in [4.78, 5) is 8.23. The van der Waals surface area contributed by atoms with Crippen molar-refractivity contribution in [2.24, 2.45) is 0 Å². The van der Waals surface area contributed by atoms with E-state index in [2.05, 4.69) is 25.5 Å². The summed E-state index contributed by atoms with van der Waals surface area (Å²) in [5, 5.41) is 9.67. The summed E-state index contributed by atoms with van der Waals surface area (Å²) in [5.41, 5.74) is 6.37. The number of aromatic amines is 1. The Labute approximate surface area is 98.4 Å². The average Bonchev–Trinajstić information content (AvgIpc) is 2.84. The van der Waals surface area contributed by atoms with Gasteiger partial charge in [-0.15, -0.1) is 0 Å². The third-order valence-corrected chi connectivity index (χ3v) is 2.23. The smallest absolute Gasteiger partial charge is 0.215 e. The molecule has 0 fully saturated rings. The van der Waals surface area contributed by atoms with Gasteiger partial charge in [0.2, 0.25) is 5.88 Å². The van der Waals surface area contributed by atoms with Gasteiger partial charge in [-0.3, -0.25) is 5.10 Å². The fraction of sp³-hybridized carbons (Fsp3) is 0.300. The van der Waals surface area contributed by atoms with Crippen molar-refractivity contribution >= 4 is 11.5 Å². The third kappa shape index (κ3) is 2.83. The van der Waals surface area contributed by atoms with E-state index in [1.54, 1.807) is 19.2 Å². The second-order valence-corrected chi connectivity index (χ2v) is 3.40. The van der Waals surface area contributed by atoms with Crippen LogP contribution >= 0.6 is 0 Å². The highest BCUT2D eigenvalue weighted by Gasteiger charge is 2.03. The molecule has 2 aromatic rings. The first-order chi connectivity index (χ1) is 8.29. The lowest BCUT2D eigenvalue weighted by Gasteiger charge is -2.08. The van der Waals surface area contributed by atoms with Crippen molar-refractivity contribution in [3.8, 4) is 5.88 Å². The van der Waals surface area contributed by atoms with E-state index in [-0.39, 0.29) is 0 Å². The Hall–Kier alpha value is -2.31. The molecular formula is C10H14N6O. The van der Waals surface area contributed by atoms with Gasteiger partial charge in [-0.05, 0) is 6.07 Å². The number of hydrogen-bond acceptors (Lipinski definition) is 6. The molecule has 90 valence electrons. The number of nitrogens with zero attached hydrogens (tertiary/aromatic N) is 3. The van der Waals surface area contributed by atoms with E-state index in [1.807, 2.05) is 0 Å². The molecular weight excluding hydrogens is 220 g/mol. The summed E-state index contributed by atoms with van der Waals surface area (Å²) in [6.07, 6.45) is 2.20. The van der Waals surface area contributed by atoms with E-state index >= 15 is 0 Å². The molecule has 7 heteroatoms. The Bertz CT molecular complexity index is 470. The number of ether oxygens (including phenoxy) is 1. The van der Waals surface area contributed by atoms with Crippen molar-refractivity contribution in [1.82, 2.24) is 20.2 Å². The molecule has 0 aliphatic carbocycles. The standard InChI is InChI=1S/C10H14N6O/c1-17-9-3-2-7(11)10(15-9)12-5-4-8-13-6-14-16-8/h2-3,6H,4-5,11H2,1H3,(H,12,15)(H,13,14,16). The zero-order valence-electron chi connectivity index (χ0n) is 9.47. The van der Waals surface area contributed by atoms with Crippen LogP contribution in [-0.4, -0.2) is 33.8 Å². The van der Waals surface area contributed by atoms with E-state index in [1.165, 1.54) is 6.33 Å². The van der Waals surface area contributed by atoms with Crippen LogP contribution < -0.4 is 15.8 Å². The molecule has 0 aromatic carbocycles. The molecule has 4 N–H and O–H groups in total. The fourth-order valence-corrected chi connectivity index (χ4v) is 1.36. The lowest BCUT2D eigenvalue weighted by molar-refractivity contribution is 0.398. The number of methoxy groups -OCH3 is 1. The molecule has 0 spiro atoms. The Morgan fingerprint density at radius 3 is 3.06 bits per heavy atom. The van der Waals surface area contributed by atoms with Crippen molar-refractivity contribution in [3.05, 3.63) is 24.3 Å². The van der Waals surface area contributed by atoms with Gasteiger partial charge in [0.25, 0.3) is 0 Å². The molecule has 2 aromatic heterocycles. The van der Waals surface area contributed by atoms with Crippen LogP contribution in [0.3, 0.4) is 0 Å². The summed E-state index contributed by atoms with van der Waals surface area (Å²) in [6.45, 7) is 0.666. The molecule has 0 radical (unpaired) electrons. The van der Waals surface area contributed by atoms with Crippen molar-refractivity contribution in [3.63, 3.8) is 0 Å². The van der Waals surface area contributed by atoms with Gasteiger partial charge in [0, 0.05) is 19.0 Å². The minimum atomic E-state index is 0.529. The Kier molecular flexibility index (Phi) is 3.39. The van der Waals surface area contributed by atoms with Crippen LogP contribution in [0.1, 0.15) is 5.82 Å². The van der Waals surface area contributed by atoms with E-state index in [9.17, 15) is 0 Å². The zero-order valence-corrected chi connectivity index (χ0v) is 9.47. The summed E-state index contributed by atoms with van der Waals surface area (Å²) < 4.78 is 5.03. The highest BCUT2D eigenvalue weighted by molar-refractivity contribution is 5.61. The summed E-state index contributed by atoms with van der Waals surface area (Å²) >= 11 is 0. The molecule has 0 amide bonds. The Balaban J connectivity index is 1.94. The van der Waals surface area contributed by atoms with Gasteiger partial charge in [0.15, 0.2) is 5.82 Å². The minimum Gasteiger partial charge on any atom is -0.481 e. The van der Waals surface area contributed by atoms with Crippen molar-refractivity contribution in [2.45, 2.75) is 6.42 Å². The maximum Gasteiger partial charge on any atom is 0.215 e. The number of aromatic nitrogens is 4. The van der Waals surface area contributed by atoms with Gasteiger partial charge in [-0.2, -0.15) is 10.1 Å². The van der Waals surface area contributed by atoms with Crippen molar-refractivity contribution in [2.75, 3.05) is 24.7 Å². The van der Waals surface area contributed by atoms with Crippen LogP contribution in [-0.2, 0) is 6.42 Å². The zero-order chi connectivity index (χ0) is 12.1. The third-order valence-electron chi connectivity index (χ3n) is 2.23. The van der Waals surface area contributed by atoms with Gasteiger partial charge in [-0.25, -0.2) is 4.98 Å². The number of nitrogen functional groups attached to an aromatic ring is 1. The molecule has 0 aliphatic rings. The first kappa shape index (κ1) is 11.2. The Morgan fingerprint density at radius 2 is 2.35 bits per heavy atom. The second kappa shape index (κ2) is 5.15. The largest absolute Gasteiger partial charge is 0.481 e. The lowest BCUT2D eigenvalue weighted by Crippen LogP contribution is -2.09. The summed E-state index contributed by atoms with van der Waals surface area (Å²) in [6, 6.07) is 3.47. The van der Waals surface area contributed by atoms with E-state index < -0.39 is 0 Å². The van der Waals surface area contributed by atoms with Crippen LogP contribution in [0, 0.1) is 0 Å². The van der Waals surface area contributed by atoms with Crippen molar-refractivity contribution < 1.29 is 4.74 Å². The number of H-pyrrole nitrogens is 1. The van der Waals surface area contributed by atoms with E-state index in [4.69, 9.17) is 10.5 Å². The number of anilines is 2. The predicted octanol–water partition coefficient (Wildman–Crippen LogP) is 0.445. The highest BCUT2D eigenvalue weighted by atomic mass is 16.5. The quantitative estimate of drug-likeness (QED) is 0.694. The topological polar surface area (TPSA) is 102 Å². The summed E-state index contributed by atoms with van der Waals surface area (Å²) in [7, 11) is 1.57. The molecule has 0 atom stereocenters. The summed E-state index contributed by atoms with van der Waals surface area (Å²) in [5.74, 6) is 1.96. The molecule has 0 bridgehead atoms. The van der Waals surface area contributed by atoms with Crippen LogP contribution in [0.2, 0.25) is 0 Å². The maximum absolute atomic E-state index is 5.79. The monoisotopic (exact) mass is 234 g/mol. The predicted molar refractivity (Wildman–Crippen MR) is 63.8 cm³/mol. The van der Waals surface area contributed by atoms with E-state index in [0.717, 1.165) is 12.2 Å². The van der Waals surface area contributed by atoms with Crippen LogP contribution in [0.4, 0.5) is 11.5 Å². The number of pyridine rings is 1. The van der Waals surface area contributed by atoms with Crippen molar-refractivity contribution in [1.29, 1.82) is 0 Å². The SMILES string of the molecule is COc1ccc(N)c(NCCc2ncn[nH]2)n1.